The van der Waals surface area contributed by atoms with Crippen LogP contribution in [0.25, 0.3) is 10.9 Å². The van der Waals surface area contributed by atoms with E-state index in [-0.39, 0.29) is 23.7 Å². The average molecular weight is 431 g/mol. The molecule has 1 aromatic heterocycles. The van der Waals surface area contributed by atoms with E-state index in [0.717, 1.165) is 33.6 Å². The highest BCUT2D eigenvalue weighted by Gasteiger charge is 2.52. The fourth-order valence-electron chi connectivity index (χ4n) is 5.47. The maximum atomic E-state index is 13.5. The van der Waals surface area contributed by atoms with E-state index in [4.69, 9.17) is 4.74 Å². The van der Waals surface area contributed by atoms with Gasteiger partial charge in [-0.2, -0.15) is 0 Å². The molecule has 0 aliphatic carbocycles. The highest BCUT2D eigenvalue weighted by atomic mass is 16.5. The predicted molar refractivity (Wildman–Crippen MR) is 127 cm³/mol. The lowest BCUT2D eigenvalue weighted by atomic mass is 9.69. The largest absolute Gasteiger partial charge is 0.485 e. The Morgan fingerprint density at radius 3 is 2.38 bits per heavy atom. The van der Waals surface area contributed by atoms with Gasteiger partial charge >= 0.3 is 0 Å². The molecule has 166 valence electrons. The third-order valence-corrected chi connectivity index (χ3v) is 6.96. The summed E-state index contributed by atoms with van der Waals surface area (Å²) in [6.07, 6.45) is 0. The zero-order valence-electron chi connectivity index (χ0n) is 19.6. The molecular weight excluding hydrogens is 400 g/mol. The van der Waals surface area contributed by atoms with Gasteiger partial charge in [0.05, 0.1) is 11.2 Å². The molecule has 32 heavy (non-hydrogen) atoms. The first-order valence-electron chi connectivity index (χ1n) is 11.3. The van der Waals surface area contributed by atoms with E-state index in [9.17, 15) is 9.59 Å². The van der Waals surface area contributed by atoms with Gasteiger partial charge in [0.1, 0.15) is 11.4 Å². The van der Waals surface area contributed by atoms with Crippen LogP contribution < -0.4 is 9.64 Å². The normalized spacial score (nSPS) is 21.4. The number of ether oxygens (including phenoxy) is 1. The van der Waals surface area contributed by atoms with Gasteiger partial charge in [0, 0.05) is 41.8 Å². The summed E-state index contributed by atoms with van der Waals surface area (Å²) >= 11 is 0. The Hall–Kier alpha value is -3.08. The van der Waals surface area contributed by atoms with Crippen molar-refractivity contribution in [1.29, 1.82) is 0 Å². The SMILES string of the molecule is CC(=O)n1c2c(c3ccccc31)OC(C)(C)[C@H]1CN(C(=O)C(C)(C)C)c3ccccc3[C@@H]21. The van der Waals surface area contributed by atoms with Crippen LogP contribution in [0.5, 0.6) is 5.75 Å². The Morgan fingerprint density at radius 1 is 1.03 bits per heavy atom. The lowest BCUT2D eigenvalue weighted by Gasteiger charge is -2.50. The van der Waals surface area contributed by atoms with E-state index >= 15 is 0 Å². The number of rotatable bonds is 0. The first kappa shape index (κ1) is 20.8. The van der Waals surface area contributed by atoms with Gasteiger partial charge in [-0.1, -0.05) is 51.1 Å². The van der Waals surface area contributed by atoms with Crippen molar-refractivity contribution in [2.75, 3.05) is 11.4 Å². The second kappa shape index (κ2) is 6.71. The van der Waals surface area contributed by atoms with Gasteiger partial charge in [0.15, 0.2) is 0 Å². The Morgan fingerprint density at radius 2 is 1.69 bits per heavy atom. The van der Waals surface area contributed by atoms with Crippen molar-refractivity contribution >= 4 is 28.4 Å². The van der Waals surface area contributed by atoms with E-state index in [1.165, 1.54) is 0 Å². The zero-order valence-corrected chi connectivity index (χ0v) is 19.6. The topological polar surface area (TPSA) is 51.5 Å². The molecule has 0 fully saturated rings. The minimum atomic E-state index is -0.520. The summed E-state index contributed by atoms with van der Waals surface area (Å²) in [6, 6.07) is 16.1. The summed E-state index contributed by atoms with van der Waals surface area (Å²) in [7, 11) is 0. The predicted octanol–water partition coefficient (Wildman–Crippen LogP) is 5.61. The Balaban J connectivity index is 1.83. The van der Waals surface area contributed by atoms with Crippen molar-refractivity contribution in [3.63, 3.8) is 0 Å². The summed E-state index contributed by atoms with van der Waals surface area (Å²) in [5.41, 5.74) is 2.75. The number of carbonyl (C=O) groups excluding carboxylic acids is 2. The van der Waals surface area contributed by atoms with Gasteiger partial charge in [0.25, 0.3) is 0 Å². The molecule has 0 spiro atoms. The molecule has 0 saturated heterocycles. The highest BCUT2D eigenvalue weighted by Crippen LogP contribution is 2.56. The number of carbonyl (C=O) groups is 2. The van der Waals surface area contributed by atoms with Crippen molar-refractivity contribution in [1.82, 2.24) is 4.57 Å². The molecule has 5 rings (SSSR count). The number of hydrogen-bond donors (Lipinski definition) is 0. The van der Waals surface area contributed by atoms with Gasteiger partial charge in [-0.3, -0.25) is 14.2 Å². The van der Waals surface area contributed by atoms with Crippen LogP contribution in [0.15, 0.2) is 48.5 Å². The van der Waals surface area contributed by atoms with Crippen molar-refractivity contribution in [2.45, 2.75) is 53.1 Å². The monoisotopic (exact) mass is 430 g/mol. The number of nitrogens with zero attached hydrogens (tertiary/aromatic N) is 2. The van der Waals surface area contributed by atoms with Crippen LogP contribution in [0.2, 0.25) is 0 Å². The molecule has 2 aliphatic rings. The van der Waals surface area contributed by atoms with Crippen LogP contribution in [0.4, 0.5) is 5.69 Å². The third kappa shape index (κ3) is 2.83. The Labute approximate surface area is 189 Å². The lowest BCUT2D eigenvalue weighted by molar-refractivity contribution is -0.126. The maximum absolute atomic E-state index is 13.5. The number of fused-ring (bicyclic) bond motifs is 7. The molecule has 3 heterocycles. The first-order valence-corrected chi connectivity index (χ1v) is 11.3. The highest BCUT2D eigenvalue weighted by molar-refractivity contribution is 6.00. The molecule has 2 aliphatic heterocycles. The average Bonchev–Trinajstić information content (AvgIpc) is 3.05. The molecule has 5 nitrogen and oxygen atoms in total. The lowest BCUT2D eigenvalue weighted by Crippen LogP contribution is -2.55. The second-order valence-electron chi connectivity index (χ2n) is 10.6. The molecular formula is C27H30N2O3. The summed E-state index contributed by atoms with van der Waals surface area (Å²) in [6.45, 7) is 12.2. The molecule has 0 radical (unpaired) electrons. The number of aromatic nitrogens is 1. The summed E-state index contributed by atoms with van der Waals surface area (Å²) in [5.74, 6) is 0.795. The first-order chi connectivity index (χ1) is 15.0. The molecule has 3 aromatic rings. The van der Waals surface area contributed by atoms with Crippen molar-refractivity contribution in [3.8, 4) is 5.75 Å². The molecule has 1 amide bonds. The van der Waals surface area contributed by atoms with Gasteiger partial charge < -0.3 is 9.64 Å². The molecule has 0 saturated carbocycles. The van der Waals surface area contributed by atoms with Crippen LogP contribution in [0, 0.1) is 11.3 Å². The van der Waals surface area contributed by atoms with Crippen LogP contribution in [-0.2, 0) is 4.79 Å². The van der Waals surface area contributed by atoms with Gasteiger partial charge in [0.2, 0.25) is 11.8 Å². The number of anilines is 1. The Kier molecular flexibility index (Phi) is 4.36. The van der Waals surface area contributed by atoms with Crippen LogP contribution in [-0.4, -0.2) is 28.5 Å². The van der Waals surface area contributed by atoms with E-state index in [1.807, 2.05) is 72.7 Å². The quantitative estimate of drug-likeness (QED) is 0.466. The second-order valence-corrected chi connectivity index (χ2v) is 10.6. The van der Waals surface area contributed by atoms with Gasteiger partial charge in [-0.05, 0) is 37.6 Å². The van der Waals surface area contributed by atoms with Crippen LogP contribution in [0.3, 0.4) is 0 Å². The van der Waals surface area contributed by atoms with E-state index in [1.54, 1.807) is 6.92 Å². The maximum Gasteiger partial charge on any atom is 0.232 e. The molecule has 2 aromatic carbocycles. The van der Waals surface area contributed by atoms with E-state index in [0.29, 0.717) is 6.54 Å². The smallest absolute Gasteiger partial charge is 0.232 e. The van der Waals surface area contributed by atoms with Crippen molar-refractivity contribution in [3.05, 3.63) is 59.8 Å². The van der Waals surface area contributed by atoms with Crippen LogP contribution in [0.1, 0.15) is 63.5 Å². The van der Waals surface area contributed by atoms with Crippen LogP contribution >= 0.6 is 0 Å². The molecule has 0 unspecified atom stereocenters. The minimum Gasteiger partial charge on any atom is -0.485 e. The molecule has 0 N–H and O–H groups in total. The third-order valence-electron chi connectivity index (χ3n) is 6.96. The zero-order chi connectivity index (χ0) is 23.0. The summed E-state index contributed by atoms with van der Waals surface area (Å²) in [5, 5.41) is 0.954. The number of hydrogen-bond acceptors (Lipinski definition) is 3. The standard InChI is InChI=1S/C27H30N2O3/c1-16(30)29-21-14-10-8-12-18(21)24-23(29)22-17-11-7-9-13-20(17)28(25(31)26(2,3)4)15-19(22)27(5,6)32-24/h7-14,19,22H,15H2,1-6H3/t19-,22+/m0/s1. The number of benzene rings is 2. The fourth-order valence-corrected chi connectivity index (χ4v) is 5.47. The van der Waals surface area contributed by atoms with Gasteiger partial charge in [-0.15, -0.1) is 0 Å². The minimum absolute atomic E-state index is 0.00128. The molecule has 5 heteroatoms. The molecule has 2 atom stereocenters. The summed E-state index contributed by atoms with van der Waals surface area (Å²) in [4.78, 5) is 28.3. The summed E-state index contributed by atoms with van der Waals surface area (Å²) < 4.78 is 8.47. The van der Waals surface area contributed by atoms with Gasteiger partial charge in [-0.25, -0.2) is 0 Å². The van der Waals surface area contributed by atoms with Crippen molar-refractivity contribution in [2.24, 2.45) is 11.3 Å². The van der Waals surface area contributed by atoms with E-state index < -0.39 is 11.0 Å². The number of para-hydroxylation sites is 2. The van der Waals surface area contributed by atoms with Crippen molar-refractivity contribution < 1.29 is 14.3 Å². The fraction of sp³-hybridized carbons (Fsp3) is 0.407. The number of amides is 1. The Bertz CT molecular complexity index is 1260. The molecule has 0 bridgehead atoms. The van der Waals surface area contributed by atoms with E-state index in [2.05, 4.69) is 19.9 Å².